The zero-order chi connectivity index (χ0) is 12.3. The van der Waals surface area contributed by atoms with Crippen LogP contribution >= 0.6 is 0 Å². The zero-order valence-electron chi connectivity index (χ0n) is 10.8. The van der Waals surface area contributed by atoms with Crippen molar-refractivity contribution in [2.24, 2.45) is 11.8 Å². The number of hydrazine groups is 1. The number of rotatable bonds is 9. The van der Waals surface area contributed by atoms with E-state index in [-0.39, 0.29) is 0 Å². The Morgan fingerprint density at radius 2 is 2.06 bits per heavy atom. The molecule has 0 amide bonds. The highest BCUT2D eigenvalue weighted by Gasteiger charge is 2.18. The maximum atomic E-state index is 5.57. The van der Waals surface area contributed by atoms with E-state index in [1.165, 1.54) is 0 Å². The molecule has 0 aromatic heterocycles. The van der Waals surface area contributed by atoms with Crippen LogP contribution in [0.25, 0.3) is 0 Å². The average Bonchev–Trinajstić information content (AvgIpc) is 2.38. The minimum absolute atomic E-state index is 0.348. The minimum atomic E-state index is 0.348. The molecule has 0 aliphatic carbocycles. The third-order valence-corrected chi connectivity index (χ3v) is 3.24. The Hall–Kier alpha value is -0.200. The van der Waals surface area contributed by atoms with Gasteiger partial charge in [0.1, 0.15) is 0 Å². The van der Waals surface area contributed by atoms with Crippen LogP contribution < -0.4 is 11.3 Å². The summed E-state index contributed by atoms with van der Waals surface area (Å²) in [5, 5.41) is 0. The Balaban J connectivity index is 2.05. The highest BCUT2D eigenvalue weighted by Crippen LogP contribution is 2.20. The van der Waals surface area contributed by atoms with Gasteiger partial charge in [-0.3, -0.25) is 11.3 Å². The molecule has 1 rings (SSSR count). The number of nitrogens with two attached hydrogens (primary N) is 1. The zero-order valence-corrected chi connectivity index (χ0v) is 10.8. The number of hydrogen-bond donors (Lipinski definition) is 2. The highest BCUT2D eigenvalue weighted by atomic mass is 16.5. The standard InChI is InChI=1S/C12H26N2O3/c1-15-8-9-17-7-4-12(14-13)10-11-2-5-16-6-3-11/h11-12,14H,2-10,13H2,1H3. The molecular formula is C12H26N2O3. The third kappa shape index (κ3) is 6.95. The summed E-state index contributed by atoms with van der Waals surface area (Å²) in [6.07, 6.45) is 4.39. The van der Waals surface area contributed by atoms with Crippen LogP contribution in [0.3, 0.4) is 0 Å². The molecule has 1 aliphatic heterocycles. The number of hydrogen-bond acceptors (Lipinski definition) is 5. The van der Waals surface area contributed by atoms with Crippen LogP contribution in [-0.2, 0) is 14.2 Å². The Morgan fingerprint density at radius 3 is 2.71 bits per heavy atom. The second-order valence-electron chi connectivity index (χ2n) is 4.55. The van der Waals surface area contributed by atoms with E-state index >= 15 is 0 Å². The SMILES string of the molecule is COCCOCCC(CC1CCOCC1)NN. The first-order valence-electron chi connectivity index (χ1n) is 6.47. The van der Waals surface area contributed by atoms with Crippen molar-refractivity contribution in [3.63, 3.8) is 0 Å². The molecule has 17 heavy (non-hydrogen) atoms. The van der Waals surface area contributed by atoms with Crippen molar-refractivity contribution >= 4 is 0 Å². The Labute approximate surface area is 104 Å². The maximum Gasteiger partial charge on any atom is 0.0700 e. The molecule has 0 saturated carbocycles. The number of methoxy groups -OCH3 is 1. The second-order valence-corrected chi connectivity index (χ2v) is 4.55. The van der Waals surface area contributed by atoms with E-state index in [2.05, 4.69) is 5.43 Å². The lowest BCUT2D eigenvalue weighted by Crippen LogP contribution is -2.38. The van der Waals surface area contributed by atoms with Gasteiger partial charge in [-0.05, 0) is 31.6 Å². The Kier molecular flexibility index (Phi) is 8.56. The van der Waals surface area contributed by atoms with Crippen molar-refractivity contribution in [2.75, 3.05) is 40.1 Å². The van der Waals surface area contributed by atoms with E-state index in [4.69, 9.17) is 20.1 Å². The van der Waals surface area contributed by atoms with Crippen LogP contribution in [0, 0.1) is 5.92 Å². The summed E-state index contributed by atoms with van der Waals surface area (Å²) >= 11 is 0. The predicted molar refractivity (Wildman–Crippen MR) is 66.6 cm³/mol. The van der Waals surface area contributed by atoms with Gasteiger partial charge in [0.25, 0.3) is 0 Å². The van der Waals surface area contributed by atoms with Crippen LogP contribution in [0.1, 0.15) is 25.7 Å². The molecular weight excluding hydrogens is 220 g/mol. The van der Waals surface area contributed by atoms with Crippen LogP contribution in [0.4, 0.5) is 0 Å². The summed E-state index contributed by atoms with van der Waals surface area (Å²) < 4.78 is 15.7. The first kappa shape index (κ1) is 14.9. The van der Waals surface area contributed by atoms with Crippen LogP contribution in [0.2, 0.25) is 0 Å². The van der Waals surface area contributed by atoms with Gasteiger partial charge in [-0.25, -0.2) is 0 Å². The van der Waals surface area contributed by atoms with Crippen molar-refractivity contribution in [2.45, 2.75) is 31.7 Å². The van der Waals surface area contributed by atoms with E-state index in [0.717, 1.165) is 51.4 Å². The molecule has 0 aromatic rings. The average molecular weight is 246 g/mol. The van der Waals surface area contributed by atoms with E-state index in [1.54, 1.807) is 7.11 Å². The molecule has 1 unspecified atom stereocenters. The lowest BCUT2D eigenvalue weighted by atomic mass is 9.92. The van der Waals surface area contributed by atoms with Crippen molar-refractivity contribution in [1.29, 1.82) is 0 Å². The van der Waals surface area contributed by atoms with Crippen LogP contribution in [-0.4, -0.2) is 46.2 Å². The lowest BCUT2D eigenvalue weighted by Gasteiger charge is -2.26. The molecule has 1 saturated heterocycles. The lowest BCUT2D eigenvalue weighted by molar-refractivity contribution is 0.0514. The molecule has 5 heteroatoms. The fourth-order valence-electron chi connectivity index (χ4n) is 2.12. The fraction of sp³-hybridized carbons (Fsp3) is 1.00. The first-order valence-corrected chi connectivity index (χ1v) is 6.47. The van der Waals surface area contributed by atoms with E-state index in [1.807, 2.05) is 0 Å². The third-order valence-electron chi connectivity index (χ3n) is 3.24. The molecule has 0 radical (unpaired) electrons. The summed E-state index contributed by atoms with van der Waals surface area (Å²) in [4.78, 5) is 0. The van der Waals surface area contributed by atoms with Gasteiger partial charge in [0.15, 0.2) is 0 Å². The second kappa shape index (κ2) is 9.79. The normalized spacial score (nSPS) is 19.4. The van der Waals surface area contributed by atoms with Crippen molar-refractivity contribution < 1.29 is 14.2 Å². The number of ether oxygens (including phenoxy) is 3. The molecule has 0 aromatic carbocycles. The van der Waals surface area contributed by atoms with Gasteiger partial charge >= 0.3 is 0 Å². The molecule has 1 aliphatic rings. The van der Waals surface area contributed by atoms with Gasteiger partial charge < -0.3 is 14.2 Å². The molecule has 5 nitrogen and oxygen atoms in total. The monoisotopic (exact) mass is 246 g/mol. The van der Waals surface area contributed by atoms with Gasteiger partial charge in [0, 0.05) is 33.0 Å². The minimum Gasteiger partial charge on any atom is -0.382 e. The fourth-order valence-corrected chi connectivity index (χ4v) is 2.12. The van der Waals surface area contributed by atoms with Gasteiger partial charge in [-0.2, -0.15) is 0 Å². The van der Waals surface area contributed by atoms with Crippen LogP contribution in [0.5, 0.6) is 0 Å². The Bertz CT molecular complexity index is 175. The van der Waals surface area contributed by atoms with E-state index < -0.39 is 0 Å². The molecule has 3 N–H and O–H groups in total. The van der Waals surface area contributed by atoms with Crippen molar-refractivity contribution in [3.8, 4) is 0 Å². The summed E-state index contributed by atoms with van der Waals surface area (Å²) in [5.41, 5.74) is 2.89. The summed E-state index contributed by atoms with van der Waals surface area (Å²) in [6.45, 7) is 3.84. The van der Waals surface area contributed by atoms with Gasteiger partial charge in [0.05, 0.1) is 13.2 Å². The number of nitrogens with one attached hydrogen (secondary N) is 1. The topological polar surface area (TPSA) is 65.7 Å². The highest BCUT2D eigenvalue weighted by molar-refractivity contribution is 4.72. The largest absolute Gasteiger partial charge is 0.382 e. The molecule has 0 bridgehead atoms. The summed E-state index contributed by atoms with van der Waals surface area (Å²) in [6, 6.07) is 0.348. The summed E-state index contributed by atoms with van der Waals surface area (Å²) in [5.74, 6) is 6.31. The summed E-state index contributed by atoms with van der Waals surface area (Å²) in [7, 11) is 1.68. The van der Waals surface area contributed by atoms with Gasteiger partial charge in [-0.15, -0.1) is 0 Å². The van der Waals surface area contributed by atoms with E-state index in [9.17, 15) is 0 Å². The van der Waals surface area contributed by atoms with Gasteiger partial charge in [-0.1, -0.05) is 0 Å². The van der Waals surface area contributed by atoms with Crippen molar-refractivity contribution in [3.05, 3.63) is 0 Å². The van der Waals surface area contributed by atoms with Crippen LogP contribution in [0.15, 0.2) is 0 Å². The molecule has 1 heterocycles. The molecule has 1 fully saturated rings. The Morgan fingerprint density at radius 1 is 1.29 bits per heavy atom. The molecule has 102 valence electrons. The molecule has 1 atom stereocenters. The van der Waals surface area contributed by atoms with Crippen molar-refractivity contribution in [1.82, 2.24) is 5.43 Å². The predicted octanol–water partition coefficient (Wildman–Crippen LogP) is 0.688. The maximum absolute atomic E-state index is 5.57. The molecule has 0 spiro atoms. The smallest absolute Gasteiger partial charge is 0.0700 e. The van der Waals surface area contributed by atoms with Gasteiger partial charge in [0.2, 0.25) is 0 Å². The van der Waals surface area contributed by atoms with E-state index in [0.29, 0.717) is 19.3 Å². The first-order chi connectivity index (χ1) is 8.36. The quantitative estimate of drug-likeness (QED) is 0.356.